The molecule has 0 bridgehead atoms. The molecule has 154 valence electrons. The molecule has 4 amide bonds. The number of halogens is 1. The van der Waals surface area contributed by atoms with E-state index in [-0.39, 0.29) is 11.3 Å². The SMILES string of the molecule is O=C1NC(=O)N(c2cccc(Cl)c2)C(=O)/C1=C/c1ccc(OCc2ccccc2)cc1. The third-order valence-electron chi connectivity index (χ3n) is 4.61. The molecule has 0 saturated carbocycles. The number of hydrogen-bond acceptors (Lipinski definition) is 4. The van der Waals surface area contributed by atoms with Gasteiger partial charge >= 0.3 is 6.03 Å². The number of rotatable bonds is 5. The number of nitrogens with zero attached hydrogens (tertiary/aromatic N) is 1. The highest BCUT2D eigenvalue weighted by Crippen LogP contribution is 2.25. The van der Waals surface area contributed by atoms with Gasteiger partial charge in [-0.15, -0.1) is 0 Å². The number of nitrogens with one attached hydrogen (secondary N) is 1. The Morgan fingerprint density at radius 2 is 1.65 bits per heavy atom. The quantitative estimate of drug-likeness (QED) is 0.472. The Kier molecular flexibility index (Phi) is 5.82. The third-order valence-corrected chi connectivity index (χ3v) is 4.84. The van der Waals surface area contributed by atoms with Gasteiger partial charge in [0.05, 0.1) is 5.69 Å². The van der Waals surface area contributed by atoms with E-state index in [1.807, 2.05) is 30.3 Å². The van der Waals surface area contributed by atoms with Crippen molar-refractivity contribution in [1.82, 2.24) is 5.32 Å². The Hall–Kier alpha value is -3.90. The van der Waals surface area contributed by atoms with Crippen molar-refractivity contribution in [3.8, 4) is 5.75 Å². The average Bonchev–Trinajstić information content (AvgIpc) is 2.77. The van der Waals surface area contributed by atoms with Gasteiger partial charge in [0.15, 0.2) is 0 Å². The van der Waals surface area contributed by atoms with Crippen LogP contribution < -0.4 is 15.0 Å². The molecule has 0 spiro atoms. The number of anilines is 1. The number of carbonyl (C=O) groups is 3. The normalized spacial score (nSPS) is 15.2. The minimum atomic E-state index is -0.820. The van der Waals surface area contributed by atoms with E-state index in [9.17, 15) is 14.4 Å². The van der Waals surface area contributed by atoms with Gasteiger partial charge < -0.3 is 4.74 Å². The van der Waals surface area contributed by atoms with Gasteiger partial charge in [-0.2, -0.15) is 0 Å². The van der Waals surface area contributed by atoms with Crippen molar-refractivity contribution >= 4 is 41.2 Å². The maximum absolute atomic E-state index is 12.9. The Morgan fingerprint density at radius 3 is 2.35 bits per heavy atom. The number of imide groups is 2. The topological polar surface area (TPSA) is 75.7 Å². The predicted octanol–water partition coefficient (Wildman–Crippen LogP) is 4.59. The van der Waals surface area contributed by atoms with Crippen molar-refractivity contribution in [2.24, 2.45) is 0 Å². The summed E-state index contributed by atoms with van der Waals surface area (Å²) < 4.78 is 5.75. The zero-order valence-electron chi connectivity index (χ0n) is 16.2. The molecule has 0 aliphatic carbocycles. The molecule has 0 aromatic heterocycles. The molecule has 0 radical (unpaired) electrons. The first-order chi connectivity index (χ1) is 15.0. The molecule has 1 saturated heterocycles. The fourth-order valence-corrected chi connectivity index (χ4v) is 3.26. The van der Waals surface area contributed by atoms with Crippen LogP contribution in [-0.4, -0.2) is 17.8 Å². The highest BCUT2D eigenvalue weighted by molar-refractivity contribution is 6.39. The summed E-state index contributed by atoms with van der Waals surface area (Å²) in [5.41, 5.74) is 1.78. The molecule has 4 rings (SSSR count). The van der Waals surface area contributed by atoms with Crippen molar-refractivity contribution < 1.29 is 19.1 Å². The van der Waals surface area contributed by atoms with E-state index in [1.165, 1.54) is 12.1 Å². The van der Waals surface area contributed by atoms with Crippen LogP contribution in [0.15, 0.2) is 84.4 Å². The molecule has 31 heavy (non-hydrogen) atoms. The first-order valence-electron chi connectivity index (χ1n) is 9.45. The van der Waals surface area contributed by atoms with E-state index in [4.69, 9.17) is 16.3 Å². The summed E-state index contributed by atoms with van der Waals surface area (Å²) in [6, 6.07) is 22.2. The second-order valence-electron chi connectivity index (χ2n) is 6.78. The minimum absolute atomic E-state index is 0.155. The van der Waals surface area contributed by atoms with Gasteiger partial charge in [0, 0.05) is 5.02 Å². The molecule has 1 heterocycles. The van der Waals surface area contributed by atoms with Gasteiger partial charge in [-0.3, -0.25) is 14.9 Å². The van der Waals surface area contributed by atoms with E-state index in [1.54, 1.807) is 42.5 Å². The van der Waals surface area contributed by atoms with Gasteiger partial charge in [-0.25, -0.2) is 9.69 Å². The number of ether oxygens (including phenoxy) is 1. The van der Waals surface area contributed by atoms with Crippen LogP contribution in [0, 0.1) is 0 Å². The molecule has 1 aliphatic rings. The third kappa shape index (κ3) is 4.65. The molecule has 3 aromatic carbocycles. The summed E-state index contributed by atoms with van der Waals surface area (Å²) in [5, 5.41) is 2.56. The zero-order valence-corrected chi connectivity index (χ0v) is 17.0. The van der Waals surface area contributed by atoms with Crippen LogP contribution in [0.3, 0.4) is 0 Å². The van der Waals surface area contributed by atoms with E-state index in [0.717, 1.165) is 10.5 Å². The van der Waals surface area contributed by atoms with Crippen molar-refractivity contribution in [2.75, 3.05) is 4.90 Å². The molecule has 0 unspecified atom stereocenters. The lowest BCUT2D eigenvalue weighted by Crippen LogP contribution is -2.54. The number of hydrogen-bond donors (Lipinski definition) is 1. The van der Waals surface area contributed by atoms with Crippen LogP contribution >= 0.6 is 11.6 Å². The highest BCUT2D eigenvalue weighted by Gasteiger charge is 2.36. The zero-order chi connectivity index (χ0) is 21.8. The van der Waals surface area contributed by atoms with Gasteiger partial charge in [-0.05, 0) is 47.5 Å². The van der Waals surface area contributed by atoms with E-state index < -0.39 is 17.8 Å². The van der Waals surface area contributed by atoms with Crippen LogP contribution in [0.25, 0.3) is 6.08 Å². The van der Waals surface area contributed by atoms with Gasteiger partial charge in [0.2, 0.25) is 0 Å². The van der Waals surface area contributed by atoms with Crippen LogP contribution in [0.2, 0.25) is 5.02 Å². The number of urea groups is 1. The highest BCUT2D eigenvalue weighted by atomic mass is 35.5. The van der Waals surface area contributed by atoms with E-state index >= 15 is 0 Å². The van der Waals surface area contributed by atoms with E-state index in [2.05, 4.69) is 5.32 Å². The summed E-state index contributed by atoms with van der Waals surface area (Å²) in [6.07, 6.45) is 1.43. The number of benzene rings is 3. The van der Waals surface area contributed by atoms with Crippen molar-refractivity contribution in [2.45, 2.75) is 6.61 Å². The van der Waals surface area contributed by atoms with E-state index in [0.29, 0.717) is 22.9 Å². The van der Waals surface area contributed by atoms with Crippen molar-refractivity contribution in [3.05, 3.63) is 101 Å². The second-order valence-corrected chi connectivity index (χ2v) is 7.22. The molecule has 0 atom stereocenters. The molecular formula is C24H17ClN2O4. The first kappa shape index (κ1) is 20.4. The molecule has 1 fully saturated rings. The summed E-state index contributed by atoms with van der Waals surface area (Å²) in [6.45, 7) is 0.429. The lowest BCUT2D eigenvalue weighted by atomic mass is 10.1. The fourth-order valence-electron chi connectivity index (χ4n) is 3.08. The Balaban J connectivity index is 1.53. The van der Waals surface area contributed by atoms with Crippen LogP contribution in [0.4, 0.5) is 10.5 Å². The summed E-state index contributed by atoms with van der Waals surface area (Å²) in [7, 11) is 0. The number of amides is 4. The maximum Gasteiger partial charge on any atom is 0.335 e. The molecular weight excluding hydrogens is 416 g/mol. The largest absolute Gasteiger partial charge is 0.489 e. The Labute approximate surface area is 183 Å². The monoisotopic (exact) mass is 432 g/mol. The van der Waals surface area contributed by atoms with Crippen LogP contribution in [0.5, 0.6) is 5.75 Å². The Bertz CT molecular complexity index is 1170. The summed E-state index contributed by atoms with van der Waals surface area (Å²) >= 11 is 5.97. The van der Waals surface area contributed by atoms with Crippen LogP contribution in [-0.2, 0) is 16.2 Å². The second kappa shape index (κ2) is 8.85. The molecule has 1 N–H and O–H groups in total. The molecule has 7 heteroatoms. The minimum Gasteiger partial charge on any atom is -0.489 e. The molecule has 3 aromatic rings. The summed E-state index contributed by atoms with van der Waals surface area (Å²) in [4.78, 5) is 38.3. The van der Waals surface area contributed by atoms with Crippen molar-refractivity contribution in [1.29, 1.82) is 0 Å². The molecule has 6 nitrogen and oxygen atoms in total. The maximum atomic E-state index is 12.9. The lowest BCUT2D eigenvalue weighted by molar-refractivity contribution is -0.122. The smallest absolute Gasteiger partial charge is 0.335 e. The van der Waals surface area contributed by atoms with Gasteiger partial charge in [0.25, 0.3) is 11.8 Å². The van der Waals surface area contributed by atoms with Crippen LogP contribution in [0.1, 0.15) is 11.1 Å². The average molecular weight is 433 g/mol. The lowest BCUT2D eigenvalue weighted by Gasteiger charge is -2.26. The van der Waals surface area contributed by atoms with Crippen molar-refractivity contribution in [3.63, 3.8) is 0 Å². The van der Waals surface area contributed by atoms with Gasteiger partial charge in [-0.1, -0.05) is 60.1 Å². The summed E-state index contributed by atoms with van der Waals surface area (Å²) in [5.74, 6) is -0.820. The first-order valence-corrected chi connectivity index (χ1v) is 9.83. The Morgan fingerprint density at radius 1 is 0.903 bits per heavy atom. The fraction of sp³-hybridized carbons (Fsp3) is 0.0417. The predicted molar refractivity (Wildman–Crippen MR) is 118 cm³/mol. The van der Waals surface area contributed by atoms with Gasteiger partial charge in [0.1, 0.15) is 17.9 Å². The standard InChI is InChI=1S/C24H17ClN2O4/c25-18-7-4-8-19(14-18)27-23(29)21(22(28)26-24(27)30)13-16-9-11-20(12-10-16)31-15-17-5-2-1-3-6-17/h1-14H,15H2,(H,26,28,30)/b21-13+. The number of carbonyl (C=O) groups excluding carboxylic acids is 3. The number of barbiturate groups is 1. The molecule has 1 aliphatic heterocycles.